The van der Waals surface area contributed by atoms with Crippen molar-refractivity contribution >= 4 is 39.1 Å². The van der Waals surface area contributed by atoms with Crippen molar-refractivity contribution in [2.24, 2.45) is 0 Å². The Labute approximate surface area is 236 Å². The predicted molar refractivity (Wildman–Crippen MR) is 157 cm³/mol. The Kier molecular flexibility index (Phi) is 10.9. The molecule has 1 atom stereocenters. The minimum Gasteiger partial charge on any atom is -0.357 e. The van der Waals surface area contributed by atoms with Crippen LogP contribution in [0, 0.1) is 0 Å². The molecule has 9 heteroatoms. The molecule has 2 amide bonds. The molecule has 7 nitrogen and oxygen atoms in total. The highest BCUT2D eigenvalue weighted by molar-refractivity contribution is 7.92. The maximum atomic E-state index is 13.7. The number of hydrogen-bond donors (Lipinski definition) is 1. The average molecular weight is 570 g/mol. The first-order chi connectivity index (χ1) is 18.6. The van der Waals surface area contributed by atoms with Crippen LogP contribution >= 0.6 is 11.6 Å². The van der Waals surface area contributed by atoms with Gasteiger partial charge in [0, 0.05) is 38.0 Å². The van der Waals surface area contributed by atoms with Gasteiger partial charge in [0.15, 0.2) is 0 Å². The summed E-state index contributed by atoms with van der Waals surface area (Å²) in [7, 11) is -2.00. The third-order valence-corrected chi connectivity index (χ3v) is 7.97. The summed E-state index contributed by atoms with van der Waals surface area (Å²) >= 11 is 6.20. The van der Waals surface area contributed by atoms with Gasteiger partial charge in [0.25, 0.3) is 0 Å². The van der Waals surface area contributed by atoms with E-state index in [9.17, 15) is 18.0 Å². The van der Waals surface area contributed by atoms with Gasteiger partial charge in [-0.25, -0.2) is 8.42 Å². The molecule has 39 heavy (non-hydrogen) atoms. The average Bonchev–Trinajstić information content (AvgIpc) is 2.92. The summed E-state index contributed by atoms with van der Waals surface area (Å²) in [5, 5.41) is 3.24. The van der Waals surface area contributed by atoms with Gasteiger partial charge >= 0.3 is 0 Å². The summed E-state index contributed by atoms with van der Waals surface area (Å²) in [5.41, 5.74) is 3.39. The van der Waals surface area contributed by atoms with Crippen LogP contribution in [-0.4, -0.2) is 51.0 Å². The number of amides is 2. The lowest BCUT2D eigenvalue weighted by Crippen LogP contribution is -2.49. The number of nitrogens with zero attached hydrogens (tertiary/aromatic N) is 2. The number of carbonyl (C=O) groups is 2. The Morgan fingerprint density at radius 2 is 1.59 bits per heavy atom. The van der Waals surface area contributed by atoms with Crippen molar-refractivity contribution < 1.29 is 18.0 Å². The van der Waals surface area contributed by atoms with E-state index in [2.05, 4.69) is 5.32 Å². The molecule has 0 saturated carbocycles. The van der Waals surface area contributed by atoms with Crippen molar-refractivity contribution in [3.05, 3.63) is 101 Å². The molecular formula is C30H36ClN3O4S. The second-order valence-electron chi connectivity index (χ2n) is 9.43. The van der Waals surface area contributed by atoms with Crippen molar-refractivity contribution in [2.45, 2.75) is 45.2 Å². The number of aryl methyl sites for hydroxylation is 1. The minimum absolute atomic E-state index is 0.0713. The van der Waals surface area contributed by atoms with Crippen LogP contribution in [0.15, 0.2) is 78.9 Å². The number of hydrogen-bond acceptors (Lipinski definition) is 4. The molecular weight excluding hydrogens is 534 g/mol. The van der Waals surface area contributed by atoms with Crippen molar-refractivity contribution in [1.29, 1.82) is 0 Å². The van der Waals surface area contributed by atoms with Crippen LogP contribution in [0.25, 0.3) is 0 Å². The van der Waals surface area contributed by atoms with E-state index in [0.717, 1.165) is 29.4 Å². The fourth-order valence-corrected chi connectivity index (χ4v) is 5.63. The number of rotatable bonds is 13. The van der Waals surface area contributed by atoms with Crippen LogP contribution in [0.2, 0.25) is 5.02 Å². The van der Waals surface area contributed by atoms with E-state index in [-0.39, 0.29) is 31.3 Å². The lowest BCUT2D eigenvalue weighted by molar-refractivity contribution is -0.141. The summed E-state index contributed by atoms with van der Waals surface area (Å²) in [4.78, 5) is 28.3. The topological polar surface area (TPSA) is 86.8 Å². The third kappa shape index (κ3) is 8.83. The summed E-state index contributed by atoms with van der Waals surface area (Å²) in [5.74, 6) is -0.516. The summed E-state index contributed by atoms with van der Waals surface area (Å²) < 4.78 is 26.5. The van der Waals surface area contributed by atoms with E-state index in [4.69, 9.17) is 11.6 Å². The number of benzene rings is 3. The quantitative estimate of drug-likeness (QED) is 0.319. The zero-order valence-electron chi connectivity index (χ0n) is 22.6. The van der Waals surface area contributed by atoms with E-state index in [0.29, 0.717) is 23.6 Å². The van der Waals surface area contributed by atoms with Gasteiger partial charge < -0.3 is 10.2 Å². The zero-order valence-corrected chi connectivity index (χ0v) is 24.2. The van der Waals surface area contributed by atoms with Crippen LogP contribution in [-0.2, 0) is 39.0 Å². The molecule has 0 fully saturated rings. The molecule has 0 spiro atoms. The van der Waals surface area contributed by atoms with E-state index in [1.165, 1.54) is 4.31 Å². The van der Waals surface area contributed by atoms with Gasteiger partial charge in [0.1, 0.15) is 6.04 Å². The molecule has 1 N–H and O–H groups in total. The first kappa shape index (κ1) is 30.2. The zero-order chi connectivity index (χ0) is 28.4. The van der Waals surface area contributed by atoms with Crippen molar-refractivity contribution in [2.75, 3.05) is 24.2 Å². The monoisotopic (exact) mass is 569 g/mol. The molecule has 3 aromatic carbocycles. The molecule has 208 valence electrons. The first-order valence-electron chi connectivity index (χ1n) is 13.0. The smallest absolute Gasteiger partial charge is 0.242 e. The number of nitrogens with one attached hydrogen (secondary N) is 1. The van der Waals surface area contributed by atoms with Crippen molar-refractivity contribution in [3.8, 4) is 0 Å². The SMILES string of the molecule is CCc1ccc(N(CCCC(=O)N(Cc2cccc(Cl)c2)[C@H](Cc2ccccc2)C(=O)NC)S(C)(=O)=O)cc1. The molecule has 0 saturated heterocycles. The van der Waals surface area contributed by atoms with E-state index >= 15 is 0 Å². The van der Waals surface area contributed by atoms with Gasteiger partial charge in [-0.2, -0.15) is 0 Å². The molecule has 0 radical (unpaired) electrons. The van der Waals surface area contributed by atoms with Crippen LogP contribution in [0.1, 0.15) is 36.5 Å². The molecule has 3 rings (SSSR count). The van der Waals surface area contributed by atoms with Gasteiger partial charge in [0.2, 0.25) is 21.8 Å². The largest absolute Gasteiger partial charge is 0.357 e. The molecule has 0 heterocycles. The van der Waals surface area contributed by atoms with Gasteiger partial charge in [-0.1, -0.05) is 73.1 Å². The standard InChI is InChI=1S/C30H36ClN3O4S/c1-4-23-15-17-27(18-16-23)34(39(3,37)38)19-9-14-29(35)33(22-25-12-8-13-26(31)20-25)28(30(36)32-2)21-24-10-6-5-7-11-24/h5-8,10-13,15-18,20,28H,4,9,14,19,21-22H2,1-3H3,(H,32,36)/t28-/m1/s1. The van der Waals surface area contributed by atoms with Gasteiger partial charge in [-0.05, 0) is 53.8 Å². The van der Waals surface area contributed by atoms with E-state index in [1.807, 2.05) is 55.5 Å². The maximum absolute atomic E-state index is 13.7. The Morgan fingerprint density at radius 1 is 0.923 bits per heavy atom. The van der Waals surface area contributed by atoms with Crippen LogP contribution in [0.3, 0.4) is 0 Å². The van der Waals surface area contributed by atoms with Crippen molar-refractivity contribution in [1.82, 2.24) is 10.2 Å². The van der Waals surface area contributed by atoms with Gasteiger partial charge in [0.05, 0.1) is 11.9 Å². The lowest BCUT2D eigenvalue weighted by Gasteiger charge is -2.31. The van der Waals surface area contributed by atoms with E-state index < -0.39 is 16.1 Å². The summed E-state index contributed by atoms with van der Waals surface area (Å²) in [6, 6.07) is 23.4. The Balaban J connectivity index is 1.83. The number of anilines is 1. The second kappa shape index (κ2) is 14.1. The molecule has 0 aliphatic heterocycles. The minimum atomic E-state index is -3.55. The third-order valence-electron chi connectivity index (χ3n) is 6.54. The molecule has 0 aromatic heterocycles. The second-order valence-corrected chi connectivity index (χ2v) is 11.8. The van der Waals surface area contributed by atoms with Crippen LogP contribution in [0.4, 0.5) is 5.69 Å². The molecule has 0 unspecified atom stereocenters. The Hall–Kier alpha value is -3.36. The predicted octanol–water partition coefficient (Wildman–Crippen LogP) is 4.83. The van der Waals surface area contributed by atoms with Crippen LogP contribution in [0.5, 0.6) is 0 Å². The maximum Gasteiger partial charge on any atom is 0.242 e. The highest BCUT2D eigenvalue weighted by Gasteiger charge is 2.30. The van der Waals surface area contributed by atoms with Gasteiger partial charge in [-0.15, -0.1) is 0 Å². The Morgan fingerprint density at radius 3 is 2.18 bits per heavy atom. The summed E-state index contributed by atoms with van der Waals surface area (Å²) in [6.45, 7) is 2.37. The highest BCUT2D eigenvalue weighted by Crippen LogP contribution is 2.21. The Bertz CT molecular complexity index is 1350. The normalized spacial score (nSPS) is 12.0. The molecule has 0 aliphatic rings. The summed E-state index contributed by atoms with van der Waals surface area (Å²) in [6.07, 6.45) is 2.72. The number of carbonyl (C=O) groups excluding carboxylic acids is 2. The fraction of sp³-hybridized carbons (Fsp3) is 0.333. The molecule has 0 bridgehead atoms. The fourth-order valence-electron chi connectivity index (χ4n) is 4.45. The van der Waals surface area contributed by atoms with Crippen LogP contribution < -0.4 is 9.62 Å². The lowest BCUT2D eigenvalue weighted by atomic mass is 10.0. The highest BCUT2D eigenvalue weighted by atomic mass is 35.5. The van der Waals surface area contributed by atoms with Crippen molar-refractivity contribution in [3.63, 3.8) is 0 Å². The number of halogens is 1. The van der Waals surface area contributed by atoms with E-state index in [1.54, 1.807) is 42.3 Å². The number of sulfonamides is 1. The first-order valence-corrected chi connectivity index (χ1v) is 15.2. The van der Waals surface area contributed by atoms with Gasteiger partial charge in [-0.3, -0.25) is 13.9 Å². The molecule has 3 aromatic rings. The molecule has 0 aliphatic carbocycles. The number of likely N-dealkylation sites (N-methyl/N-ethyl adjacent to an activating group) is 1.